The molecule has 0 radical (unpaired) electrons. The van der Waals surface area contributed by atoms with Crippen LogP contribution in [-0.4, -0.2) is 29.3 Å². The molecule has 0 aromatic heterocycles. The molecule has 0 aliphatic heterocycles. The van der Waals surface area contributed by atoms with Crippen LogP contribution in [0.25, 0.3) is 0 Å². The second kappa shape index (κ2) is 9.06. The Morgan fingerprint density at radius 1 is 1.20 bits per heavy atom. The number of benzene rings is 3. The average molecular weight is 426 g/mol. The number of aromatic hydroxyl groups is 1. The van der Waals surface area contributed by atoms with Crippen LogP contribution in [0.5, 0.6) is 11.5 Å². The molecule has 9 heteroatoms. The summed E-state index contributed by atoms with van der Waals surface area (Å²) in [5.74, 6) is -0.579. The number of phenols is 1. The zero-order chi connectivity index (χ0) is 21.7. The Hall–Kier alpha value is -3.91. The number of aliphatic imine (C=N–C) groups is 1. The lowest BCUT2D eigenvalue weighted by Gasteiger charge is -2.07. The van der Waals surface area contributed by atoms with Crippen LogP contribution in [0, 0.1) is 10.1 Å². The van der Waals surface area contributed by atoms with Crippen molar-refractivity contribution in [3.8, 4) is 11.5 Å². The van der Waals surface area contributed by atoms with Crippen LogP contribution in [-0.2, 0) is 0 Å². The number of hydrogen-bond acceptors (Lipinski definition) is 6. The molecule has 30 heavy (non-hydrogen) atoms. The fourth-order valence-electron chi connectivity index (χ4n) is 2.58. The van der Waals surface area contributed by atoms with E-state index in [-0.39, 0.29) is 28.7 Å². The lowest BCUT2D eigenvalue weighted by molar-refractivity contribution is -0.385. The molecule has 0 heterocycles. The van der Waals surface area contributed by atoms with Crippen molar-refractivity contribution in [1.29, 1.82) is 0 Å². The third-order valence-electron chi connectivity index (χ3n) is 4.08. The van der Waals surface area contributed by atoms with E-state index in [1.54, 1.807) is 48.5 Å². The largest absolute Gasteiger partial charge is 0.504 e. The fourth-order valence-corrected chi connectivity index (χ4v) is 2.77. The van der Waals surface area contributed by atoms with Crippen LogP contribution in [0.3, 0.4) is 0 Å². The number of nitrogens with zero attached hydrogens (tertiary/aromatic N) is 2. The number of phenolic OH excluding ortho intramolecular Hbond substituents is 1. The highest BCUT2D eigenvalue weighted by Crippen LogP contribution is 2.33. The van der Waals surface area contributed by atoms with Crippen LogP contribution in [0.2, 0.25) is 5.02 Å². The Bertz CT molecular complexity index is 1130. The van der Waals surface area contributed by atoms with Gasteiger partial charge in [-0.2, -0.15) is 0 Å². The number of nitro groups is 1. The molecule has 0 atom stereocenters. The minimum atomic E-state index is -0.587. The summed E-state index contributed by atoms with van der Waals surface area (Å²) in [5, 5.41) is 24.4. The molecule has 0 saturated carbocycles. The molecule has 3 aromatic carbocycles. The number of rotatable bonds is 6. The molecule has 1 amide bonds. The molecule has 3 aromatic rings. The maximum Gasteiger partial charge on any atom is 0.274 e. The molecular weight excluding hydrogens is 410 g/mol. The van der Waals surface area contributed by atoms with Crippen molar-refractivity contribution in [1.82, 2.24) is 0 Å². The Kier molecular flexibility index (Phi) is 6.29. The summed E-state index contributed by atoms with van der Waals surface area (Å²) in [6.45, 7) is 0. The minimum absolute atomic E-state index is 0.0234. The van der Waals surface area contributed by atoms with Crippen molar-refractivity contribution in [3.63, 3.8) is 0 Å². The van der Waals surface area contributed by atoms with Crippen LogP contribution in [0.15, 0.2) is 65.7 Å². The van der Waals surface area contributed by atoms with E-state index in [4.69, 9.17) is 16.3 Å². The van der Waals surface area contributed by atoms with Crippen molar-refractivity contribution >= 4 is 40.8 Å². The van der Waals surface area contributed by atoms with Crippen LogP contribution < -0.4 is 10.1 Å². The van der Waals surface area contributed by atoms with Crippen LogP contribution in [0.4, 0.5) is 17.1 Å². The number of amides is 1. The quantitative estimate of drug-likeness (QED) is 0.329. The summed E-state index contributed by atoms with van der Waals surface area (Å²) in [4.78, 5) is 26.9. The Morgan fingerprint density at radius 2 is 1.93 bits per heavy atom. The van der Waals surface area contributed by atoms with Gasteiger partial charge < -0.3 is 15.2 Å². The zero-order valence-corrected chi connectivity index (χ0v) is 16.5. The maximum absolute atomic E-state index is 12.3. The van der Waals surface area contributed by atoms with Gasteiger partial charge in [0.2, 0.25) is 0 Å². The van der Waals surface area contributed by atoms with Gasteiger partial charge in [0.05, 0.1) is 23.8 Å². The first-order chi connectivity index (χ1) is 14.4. The molecule has 2 N–H and O–H groups in total. The lowest BCUT2D eigenvalue weighted by Crippen LogP contribution is -2.11. The Balaban J connectivity index is 1.76. The number of carbonyl (C=O) groups is 1. The second-order valence-corrected chi connectivity index (χ2v) is 6.55. The van der Waals surface area contributed by atoms with Gasteiger partial charge in [-0.15, -0.1) is 0 Å². The van der Waals surface area contributed by atoms with Crippen molar-refractivity contribution in [2.45, 2.75) is 0 Å². The number of nitrogens with one attached hydrogen (secondary N) is 1. The molecule has 0 spiro atoms. The van der Waals surface area contributed by atoms with Crippen molar-refractivity contribution in [2.24, 2.45) is 4.99 Å². The number of nitro benzene ring substituents is 1. The van der Waals surface area contributed by atoms with Crippen molar-refractivity contribution in [3.05, 3.63) is 86.9 Å². The standard InChI is InChI=1S/C21H16ClN3O5/c1-30-19-11-18(25(28)29)10-14(20(19)26)12-23-16-5-7-17(8-6-16)24-21(27)13-3-2-4-15(22)9-13/h2-12,26H,1H3,(H,24,27). The summed E-state index contributed by atoms with van der Waals surface area (Å²) >= 11 is 5.90. The van der Waals surface area contributed by atoms with E-state index >= 15 is 0 Å². The zero-order valence-electron chi connectivity index (χ0n) is 15.7. The van der Waals surface area contributed by atoms with Gasteiger partial charge >= 0.3 is 0 Å². The van der Waals surface area contributed by atoms with Gasteiger partial charge in [0.1, 0.15) is 0 Å². The fraction of sp³-hybridized carbons (Fsp3) is 0.0476. The van der Waals surface area contributed by atoms with E-state index in [0.717, 1.165) is 6.07 Å². The highest BCUT2D eigenvalue weighted by Gasteiger charge is 2.15. The van der Waals surface area contributed by atoms with E-state index in [2.05, 4.69) is 10.3 Å². The molecule has 0 unspecified atom stereocenters. The first kappa shape index (κ1) is 20.8. The highest BCUT2D eigenvalue weighted by atomic mass is 35.5. The minimum Gasteiger partial charge on any atom is -0.504 e. The van der Waals surface area contributed by atoms with E-state index in [1.807, 2.05) is 0 Å². The van der Waals surface area contributed by atoms with Gasteiger partial charge in [-0.3, -0.25) is 19.9 Å². The number of ether oxygens (including phenoxy) is 1. The molecule has 0 fully saturated rings. The second-order valence-electron chi connectivity index (χ2n) is 6.11. The number of methoxy groups -OCH3 is 1. The van der Waals surface area contributed by atoms with Crippen LogP contribution in [0.1, 0.15) is 15.9 Å². The molecule has 8 nitrogen and oxygen atoms in total. The van der Waals surface area contributed by atoms with Gasteiger partial charge in [0, 0.05) is 34.1 Å². The van der Waals surface area contributed by atoms with Gasteiger partial charge in [-0.25, -0.2) is 0 Å². The van der Waals surface area contributed by atoms with Gasteiger partial charge in [0.15, 0.2) is 11.5 Å². The third kappa shape index (κ3) is 4.92. The number of non-ortho nitro benzene ring substituents is 1. The summed E-state index contributed by atoms with van der Waals surface area (Å²) in [5.41, 5.74) is 1.41. The molecule has 0 aliphatic rings. The van der Waals surface area contributed by atoms with E-state index in [9.17, 15) is 20.0 Å². The molecule has 152 valence electrons. The summed E-state index contributed by atoms with van der Waals surface area (Å²) < 4.78 is 4.96. The topological polar surface area (TPSA) is 114 Å². The first-order valence-corrected chi connectivity index (χ1v) is 9.01. The van der Waals surface area contributed by atoms with E-state index < -0.39 is 4.92 Å². The Labute approximate surface area is 176 Å². The van der Waals surface area contributed by atoms with Gasteiger partial charge in [-0.05, 0) is 42.5 Å². The lowest BCUT2D eigenvalue weighted by atomic mass is 10.1. The summed E-state index contributed by atoms with van der Waals surface area (Å²) in [6, 6.07) is 15.5. The summed E-state index contributed by atoms with van der Waals surface area (Å²) in [7, 11) is 1.30. The SMILES string of the molecule is COc1cc([N+](=O)[O-])cc(C=Nc2ccc(NC(=O)c3cccc(Cl)c3)cc2)c1O. The van der Waals surface area contributed by atoms with Crippen molar-refractivity contribution < 1.29 is 19.6 Å². The summed E-state index contributed by atoms with van der Waals surface area (Å²) in [6.07, 6.45) is 1.30. The highest BCUT2D eigenvalue weighted by molar-refractivity contribution is 6.31. The van der Waals surface area contributed by atoms with Gasteiger partial charge in [0.25, 0.3) is 11.6 Å². The number of halogens is 1. The average Bonchev–Trinajstić information content (AvgIpc) is 2.73. The maximum atomic E-state index is 12.3. The third-order valence-corrected chi connectivity index (χ3v) is 4.32. The predicted molar refractivity (Wildman–Crippen MR) is 114 cm³/mol. The molecule has 0 saturated heterocycles. The Morgan fingerprint density at radius 3 is 2.57 bits per heavy atom. The predicted octanol–water partition coefficient (Wildman–Crippen LogP) is 4.97. The molecule has 0 bridgehead atoms. The first-order valence-electron chi connectivity index (χ1n) is 8.64. The molecule has 0 aliphatic carbocycles. The van der Waals surface area contributed by atoms with Crippen LogP contribution >= 0.6 is 11.6 Å². The number of hydrogen-bond donors (Lipinski definition) is 2. The number of carbonyl (C=O) groups excluding carboxylic acids is 1. The van der Waals surface area contributed by atoms with Gasteiger partial charge in [-0.1, -0.05) is 17.7 Å². The van der Waals surface area contributed by atoms with Crippen molar-refractivity contribution in [2.75, 3.05) is 12.4 Å². The molecule has 3 rings (SSSR count). The number of anilines is 1. The molecular formula is C21H16ClN3O5. The van der Waals surface area contributed by atoms with E-state index in [0.29, 0.717) is 22.0 Å². The monoisotopic (exact) mass is 425 g/mol. The smallest absolute Gasteiger partial charge is 0.274 e. The van der Waals surface area contributed by atoms with E-state index in [1.165, 1.54) is 19.4 Å². The normalized spacial score (nSPS) is 10.7.